The minimum Gasteiger partial charge on any atom is -0.480 e. The molecule has 1 aromatic rings. The SMILES string of the molecule is C[C@H]1CCN(CC(=O)O)[C@@H]1c1cccc(F)c1. The number of halogens is 1. The van der Waals surface area contributed by atoms with Gasteiger partial charge in [-0.3, -0.25) is 9.69 Å². The van der Waals surface area contributed by atoms with E-state index in [1.54, 1.807) is 6.07 Å². The normalized spacial score (nSPS) is 25.1. The van der Waals surface area contributed by atoms with Gasteiger partial charge in [0.15, 0.2) is 0 Å². The maximum Gasteiger partial charge on any atom is 0.317 e. The van der Waals surface area contributed by atoms with Crippen molar-refractivity contribution in [3.63, 3.8) is 0 Å². The van der Waals surface area contributed by atoms with Crippen LogP contribution in [0.5, 0.6) is 0 Å². The Morgan fingerprint density at radius 2 is 2.35 bits per heavy atom. The highest BCUT2D eigenvalue weighted by Gasteiger charge is 2.33. The molecule has 0 aliphatic carbocycles. The second-order valence-corrected chi connectivity index (χ2v) is 4.63. The Hall–Kier alpha value is -1.42. The number of carboxylic acids is 1. The highest BCUT2D eigenvalue weighted by molar-refractivity contribution is 5.69. The Bertz CT molecular complexity index is 422. The molecule has 1 heterocycles. The summed E-state index contributed by atoms with van der Waals surface area (Å²) in [4.78, 5) is 12.7. The lowest BCUT2D eigenvalue weighted by atomic mass is 9.95. The first-order valence-corrected chi connectivity index (χ1v) is 5.79. The van der Waals surface area contributed by atoms with Gasteiger partial charge in [0.25, 0.3) is 0 Å². The van der Waals surface area contributed by atoms with Crippen molar-refractivity contribution in [3.05, 3.63) is 35.6 Å². The number of hydrogen-bond acceptors (Lipinski definition) is 2. The lowest BCUT2D eigenvalue weighted by Gasteiger charge is -2.25. The molecule has 92 valence electrons. The van der Waals surface area contributed by atoms with Crippen molar-refractivity contribution in [2.24, 2.45) is 5.92 Å². The summed E-state index contributed by atoms with van der Waals surface area (Å²) >= 11 is 0. The van der Waals surface area contributed by atoms with Gasteiger partial charge in [-0.05, 0) is 36.6 Å². The zero-order valence-corrected chi connectivity index (χ0v) is 9.77. The first-order chi connectivity index (χ1) is 8.08. The van der Waals surface area contributed by atoms with Gasteiger partial charge in [0.1, 0.15) is 5.82 Å². The molecule has 0 unspecified atom stereocenters. The highest BCUT2D eigenvalue weighted by Crippen LogP contribution is 2.36. The Morgan fingerprint density at radius 3 is 3.00 bits per heavy atom. The van der Waals surface area contributed by atoms with Crippen LogP contribution in [0.3, 0.4) is 0 Å². The van der Waals surface area contributed by atoms with Crippen LogP contribution >= 0.6 is 0 Å². The number of benzene rings is 1. The molecule has 17 heavy (non-hydrogen) atoms. The van der Waals surface area contributed by atoms with Gasteiger partial charge >= 0.3 is 5.97 Å². The van der Waals surface area contributed by atoms with E-state index in [0.717, 1.165) is 18.5 Å². The van der Waals surface area contributed by atoms with Gasteiger partial charge in [0, 0.05) is 6.04 Å². The third-order valence-electron chi connectivity index (χ3n) is 3.33. The molecule has 1 aromatic carbocycles. The number of carbonyl (C=O) groups is 1. The monoisotopic (exact) mass is 237 g/mol. The first kappa shape index (κ1) is 12.0. The van der Waals surface area contributed by atoms with E-state index in [4.69, 9.17) is 5.11 Å². The van der Waals surface area contributed by atoms with Crippen LogP contribution in [0.15, 0.2) is 24.3 Å². The van der Waals surface area contributed by atoms with E-state index < -0.39 is 5.97 Å². The van der Waals surface area contributed by atoms with Crippen LogP contribution in [0, 0.1) is 11.7 Å². The van der Waals surface area contributed by atoms with Gasteiger partial charge in [-0.1, -0.05) is 19.1 Å². The summed E-state index contributed by atoms with van der Waals surface area (Å²) in [5.74, 6) is -0.742. The zero-order chi connectivity index (χ0) is 12.4. The topological polar surface area (TPSA) is 40.5 Å². The number of likely N-dealkylation sites (tertiary alicyclic amines) is 1. The van der Waals surface area contributed by atoms with Crippen molar-refractivity contribution in [3.8, 4) is 0 Å². The summed E-state index contributed by atoms with van der Waals surface area (Å²) in [7, 11) is 0. The molecule has 1 N–H and O–H groups in total. The minimum atomic E-state index is -0.833. The molecule has 0 bridgehead atoms. The summed E-state index contributed by atoms with van der Waals surface area (Å²) in [5, 5.41) is 8.86. The predicted octanol–water partition coefficient (Wildman–Crippen LogP) is 2.29. The van der Waals surface area contributed by atoms with Gasteiger partial charge in [0.2, 0.25) is 0 Å². The second kappa shape index (κ2) is 4.84. The van der Waals surface area contributed by atoms with E-state index in [-0.39, 0.29) is 18.4 Å². The molecule has 0 amide bonds. The third kappa shape index (κ3) is 2.64. The van der Waals surface area contributed by atoms with Crippen molar-refractivity contribution in [1.29, 1.82) is 0 Å². The van der Waals surface area contributed by atoms with E-state index in [2.05, 4.69) is 6.92 Å². The second-order valence-electron chi connectivity index (χ2n) is 4.63. The van der Waals surface area contributed by atoms with E-state index >= 15 is 0 Å². The van der Waals surface area contributed by atoms with Crippen LogP contribution in [0.25, 0.3) is 0 Å². The van der Waals surface area contributed by atoms with Crippen LogP contribution in [0.4, 0.5) is 4.39 Å². The molecule has 3 nitrogen and oxygen atoms in total. The average molecular weight is 237 g/mol. The summed E-state index contributed by atoms with van der Waals surface area (Å²) < 4.78 is 13.2. The Morgan fingerprint density at radius 1 is 1.59 bits per heavy atom. The maximum absolute atomic E-state index is 13.2. The summed E-state index contributed by atoms with van der Waals surface area (Å²) in [6.45, 7) is 2.86. The van der Waals surface area contributed by atoms with Crippen molar-refractivity contribution < 1.29 is 14.3 Å². The molecule has 2 rings (SSSR count). The molecular formula is C13H16FNO2. The van der Waals surface area contributed by atoms with Crippen LogP contribution in [-0.2, 0) is 4.79 Å². The van der Waals surface area contributed by atoms with Crippen LogP contribution < -0.4 is 0 Å². The van der Waals surface area contributed by atoms with E-state index in [1.165, 1.54) is 12.1 Å². The van der Waals surface area contributed by atoms with Gasteiger partial charge in [0.05, 0.1) is 6.54 Å². The number of carboxylic acid groups (broad SMARTS) is 1. The van der Waals surface area contributed by atoms with Gasteiger partial charge in [-0.2, -0.15) is 0 Å². The standard InChI is InChI=1S/C13H16FNO2/c1-9-5-6-15(8-12(16)17)13(9)10-3-2-4-11(14)7-10/h2-4,7,9,13H,5-6,8H2,1H3,(H,16,17)/t9-,13-/m0/s1. The molecule has 1 saturated heterocycles. The van der Waals surface area contributed by atoms with E-state index in [0.29, 0.717) is 5.92 Å². The van der Waals surface area contributed by atoms with E-state index in [1.807, 2.05) is 11.0 Å². The van der Waals surface area contributed by atoms with Crippen molar-refractivity contribution in [1.82, 2.24) is 4.90 Å². The van der Waals surface area contributed by atoms with Crippen molar-refractivity contribution in [2.45, 2.75) is 19.4 Å². The average Bonchev–Trinajstić information content (AvgIpc) is 2.59. The largest absolute Gasteiger partial charge is 0.480 e. The molecule has 1 aliphatic heterocycles. The number of hydrogen-bond donors (Lipinski definition) is 1. The zero-order valence-electron chi connectivity index (χ0n) is 9.77. The Labute approximate surface area is 99.9 Å². The quantitative estimate of drug-likeness (QED) is 0.876. The summed E-state index contributed by atoms with van der Waals surface area (Å²) in [5.41, 5.74) is 0.872. The Balaban J connectivity index is 2.24. The number of aliphatic carboxylic acids is 1. The van der Waals surface area contributed by atoms with Crippen LogP contribution in [-0.4, -0.2) is 29.1 Å². The van der Waals surface area contributed by atoms with Crippen molar-refractivity contribution >= 4 is 5.97 Å². The molecule has 2 atom stereocenters. The Kier molecular flexibility index (Phi) is 3.43. The first-order valence-electron chi connectivity index (χ1n) is 5.79. The molecule has 0 radical (unpaired) electrons. The fourth-order valence-electron chi connectivity index (χ4n) is 2.61. The van der Waals surface area contributed by atoms with E-state index in [9.17, 15) is 9.18 Å². The predicted molar refractivity (Wildman–Crippen MR) is 62.1 cm³/mol. The highest BCUT2D eigenvalue weighted by atomic mass is 19.1. The van der Waals surface area contributed by atoms with Gasteiger partial charge < -0.3 is 5.11 Å². The molecular weight excluding hydrogens is 221 g/mol. The lowest BCUT2D eigenvalue weighted by Crippen LogP contribution is -2.30. The molecule has 0 aromatic heterocycles. The molecule has 0 spiro atoms. The summed E-state index contributed by atoms with van der Waals surface area (Å²) in [6.07, 6.45) is 0.953. The van der Waals surface area contributed by atoms with Crippen LogP contribution in [0.2, 0.25) is 0 Å². The smallest absolute Gasteiger partial charge is 0.317 e. The lowest BCUT2D eigenvalue weighted by molar-refractivity contribution is -0.138. The fourth-order valence-corrected chi connectivity index (χ4v) is 2.61. The third-order valence-corrected chi connectivity index (χ3v) is 3.33. The maximum atomic E-state index is 13.2. The number of rotatable bonds is 3. The molecule has 4 heteroatoms. The molecule has 1 fully saturated rings. The number of nitrogens with zero attached hydrogens (tertiary/aromatic N) is 1. The van der Waals surface area contributed by atoms with Gasteiger partial charge in [-0.15, -0.1) is 0 Å². The molecule has 1 aliphatic rings. The minimum absolute atomic E-state index is 0.0156. The fraction of sp³-hybridized carbons (Fsp3) is 0.462. The van der Waals surface area contributed by atoms with Gasteiger partial charge in [-0.25, -0.2) is 4.39 Å². The van der Waals surface area contributed by atoms with Crippen molar-refractivity contribution in [2.75, 3.05) is 13.1 Å². The van der Waals surface area contributed by atoms with Crippen LogP contribution in [0.1, 0.15) is 24.9 Å². The summed E-state index contributed by atoms with van der Waals surface area (Å²) in [6, 6.07) is 6.47. The molecule has 0 saturated carbocycles.